The van der Waals surface area contributed by atoms with Gasteiger partial charge in [-0.05, 0) is 25.6 Å². The predicted octanol–water partition coefficient (Wildman–Crippen LogP) is 1.69. The highest BCUT2D eigenvalue weighted by Crippen LogP contribution is 2.16. The van der Waals surface area contributed by atoms with E-state index >= 15 is 0 Å². The fourth-order valence-corrected chi connectivity index (χ4v) is 1.64. The minimum atomic E-state index is 0.162. The number of hydrogen-bond donors (Lipinski definition) is 2. The van der Waals surface area contributed by atoms with Gasteiger partial charge in [-0.15, -0.1) is 0 Å². The van der Waals surface area contributed by atoms with Crippen LogP contribution in [0.15, 0.2) is 23.6 Å². The first kappa shape index (κ1) is 13.7. The van der Waals surface area contributed by atoms with E-state index in [4.69, 9.17) is 22.5 Å². The van der Waals surface area contributed by atoms with Gasteiger partial charge in [-0.2, -0.15) is 0 Å². The zero-order valence-corrected chi connectivity index (χ0v) is 10.7. The lowest BCUT2D eigenvalue weighted by atomic mass is 10.1. The van der Waals surface area contributed by atoms with Gasteiger partial charge < -0.3 is 10.9 Å². The largest absolute Gasteiger partial charge is 0.409 e. The normalized spacial score (nSPS) is 14.0. The van der Waals surface area contributed by atoms with Crippen molar-refractivity contribution in [3.05, 3.63) is 29.0 Å². The molecule has 17 heavy (non-hydrogen) atoms. The smallest absolute Gasteiger partial charge is 0.140 e. The summed E-state index contributed by atoms with van der Waals surface area (Å²) in [4.78, 5) is 6.02. The zero-order valence-electron chi connectivity index (χ0n) is 9.97. The molecular weight excluding hydrogens is 240 g/mol. The van der Waals surface area contributed by atoms with Crippen LogP contribution in [0.2, 0.25) is 5.02 Å². The first-order valence-corrected chi connectivity index (χ1v) is 5.67. The Hall–Kier alpha value is -1.33. The van der Waals surface area contributed by atoms with Gasteiger partial charge >= 0.3 is 0 Å². The summed E-state index contributed by atoms with van der Waals surface area (Å²) in [5.41, 5.74) is 6.48. The van der Waals surface area contributed by atoms with Gasteiger partial charge in [0.15, 0.2) is 0 Å². The van der Waals surface area contributed by atoms with Crippen molar-refractivity contribution in [2.24, 2.45) is 10.9 Å². The molecule has 0 amide bonds. The second kappa shape index (κ2) is 6.42. The van der Waals surface area contributed by atoms with Crippen LogP contribution < -0.4 is 5.73 Å². The van der Waals surface area contributed by atoms with Crippen LogP contribution in [0.25, 0.3) is 0 Å². The maximum absolute atomic E-state index is 8.51. The Morgan fingerprint density at radius 2 is 2.41 bits per heavy atom. The summed E-state index contributed by atoms with van der Waals surface area (Å²) in [5.74, 6) is 0.227. The molecule has 3 N–H and O–H groups in total. The number of rotatable bonds is 5. The maximum Gasteiger partial charge on any atom is 0.140 e. The second-order valence-electron chi connectivity index (χ2n) is 4.03. The summed E-state index contributed by atoms with van der Waals surface area (Å²) in [6.07, 6.45) is 3.85. The molecule has 0 saturated heterocycles. The van der Waals surface area contributed by atoms with Crippen molar-refractivity contribution in [2.75, 3.05) is 7.05 Å². The van der Waals surface area contributed by atoms with E-state index in [0.29, 0.717) is 18.0 Å². The highest BCUT2D eigenvalue weighted by molar-refractivity contribution is 6.31. The van der Waals surface area contributed by atoms with E-state index in [-0.39, 0.29) is 11.9 Å². The van der Waals surface area contributed by atoms with Crippen LogP contribution in [0.1, 0.15) is 18.9 Å². The third kappa shape index (κ3) is 4.20. The second-order valence-corrected chi connectivity index (χ2v) is 4.43. The lowest BCUT2D eigenvalue weighted by Gasteiger charge is -2.24. The molecule has 0 aromatic carbocycles. The van der Waals surface area contributed by atoms with Crippen LogP contribution >= 0.6 is 11.6 Å². The molecule has 1 rings (SSSR count). The number of oxime groups is 1. The summed E-state index contributed by atoms with van der Waals surface area (Å²) in [7, 11) is 1.96. The molecule has 1 aromatic heterocycles. The van der Waals surface area contributed by atoms with Gasteiger partial charge in [0.25, 0.3) is 0 Å². The van der Waals surface area contributed by atoms with Crippen molar-refractivity contribution in [2.45, 2.75) is 25.9 Å². The lowest BCUT2D eigenvalue weighted by molar-refractivity contribution is 0.251. The van der Waals surface area contributed by atoms with E-state index in [9.17, 15) is 0 Å². The Bertz CT molecular complexity index is 397. The van der Waals surface area contributed by atoms with Crippen molar-refractivity contribution in [3.63, 3.8) is 0 Å². The Labute approximate surface area is 106 Å². The fourth-order valence-electron chi connectivity index (χ4n) is 1.46. The standard InChI is InChI=1S/C11H17ClN4O/c1-8(5-11(13)15-17)16(2)7-9-3-4-14-6-10(9)12/h3-4,6,8,17H,5,7H2,1-2H3,(H2,13,15). The van der Waals surface area contributed by atoms with Crippen molar-refractivity contribution in [3.8, 4) is 0 Å². The van der Waals surface area contributed by atoms with E-state index in [2.05, 4.69) is 15.0 Å². The number of pyridine rings is 1. The van der Waals surface area contributed by atoms with E-state index in [0.717, 1.165) is 5.56 Å². The average Bonchev–Trinajstić information content (AvgIpc) is 2.31. The van der Waals surface area contributed by atoms with Gasteiger partial charge in [-0.1, -0.05) is 16.8 Å². The molecule has 0 aliphatic carbocycles. The highest BCUT2D eigenvalue weighted by atomic mass is 35.5. The Balaban J connectivity index is 2.60. The third-order valence-corrected chi connectivity index (χ3v) is 3.00. The number of aromatic nitrogens is 1. The Morgan fingerprint density at radius 3 is 3.00 bits per heavy atom. The highest BCUT2D eigenvalue weighted by Gasteiger charge is 2.12. The SMILES string of the molecule is CC(CC(N)=NO)N(C)Cc1ccncc1Cl. The summed E-state index contributed by atoms with van der Waals surface area (Å²) < 4.78 is 0. The van der Waals surface area contributed by atoms with Gasteiger partial charge in [-0.3, -0.25) is 9.88 Å². The van der Waals surface area contributed by atoms with Gasteiger partial charge in [0.2, 0.25) is 0 Å². The molecule has 0 radical (unpaired) electrons. The number of nitrogens with two attached hydrogens (primary N) is 1. The van der Waals surface area contributed by atoms with Gasteiger partial charge in [0, 0.05) is 31.4 Å². The predicted molar refractivity (Wildman–Crippen MR) is 68.2 cm³/mol. The van der Waals surface area contributed by atoms with Crippen LogP contribution in [0, 0.1) is 0 Å². The third-order valence-electron chi connectivity index (χ3n) is 2.66. The van der Waals surface area contributed by atoms with Crippen LogP contribution in [0.5, 0.6) is 0 Å². The Morgan fingerprint density at radius 1 is 1.71 bits per heavy atom. The molecule has 1 unspecified atom stereocenters. The van der Waals surface area contributed by atoms with Gasteiger partial charge in [0.05, 0.1) is 5.02 Å². The quantitative estimate of drug-likeness (QED) is 0.364. The van der Waals surface area contributed by atoms with E-state index < -0.39 is 0 Å². The molecule has 1 atom stereocenters. The molecule has 1 heterocycles. The lowest BCUT2D eigenvalue weighted by Crippen LogP contribution is -2.32. The average molecular weight is 257 g/mol. The summed E-state index contributed by atoms with van der Waals surface area (Å²) in [5, 5.41) is 12.1. The maximum atomic E-state index is 8.51. The molecule has 6 heteroatoms. The monoisotopic (exact) mass is 256 g/mol. The first-order valence-electron chi connectivity index (χ1n) is 5.29. The molecule has 0 spiro atoms. The molecule has 94 valence electrons. The van der Waals surface area contributed by atoms with Gasteiger partial charge in [0.1, 0.15) is 5.84 Å². The van der Waals surface area contributed by atoms with Crippen molar-refractivity contribution in [1.82, 2.24) is 9.88 Å². The molecule has 0 bridgehead atoms. The molecule has 0 fully saturated rings. The van der Waals surface area contributed by atoms with Crippen LogP contribution in [0.3, 0.4) is 0 Å². The van der Waals surface area contributed by atoms with Crippen LogP contribution in [0.4, 0.5) is 0 Å². The van der Waals surface area contributed by atoms with Crippen molar-refractivity contribution in [1.29, 1.82) is 0 Å². The molecule has 0 saturated carbocycles. The van der Waals surface area contributed by atoms with Crippen molar-refractivity contribution >= 4 is 17.4 Å². The van der Waals surface area contributed by atoms with E-state index in [1.807, 2.05) is 20.0 Å². The summed E-state index contributed by atoms with van der Waals surface area (Å²) in [6.45, 7) is 2.70. The number of halogens is 1. The molecule has 5 nitrogen and oxygen atoms in total. The van der Waals surface area contributed by atoms with E-state index in [1.165, 1.54) is 0 Å². The Kier molecular flexibility index (Phi) is 5.18. The molecule has 1 aromatic rings. The number of nitrogens with zero attached hydrogens (tertiary/aromatic N) is 3. The van der Waals surface area contributed by atoms with Crippen molar-refractivity contribution < 1.29 is 5.21 Å². The van der Waals surface area contributed by atoms with E-state index in [1.54, 1.807) is 12.4 Å². The minimum Gasteiger partial charge on any atom is -0.409 e. The van der Waals surface area contributed by atoms with Crippen LogP contribution in [-0.4, -0.2) is 34.0 Å². The molecular formula is C11H17ClN4O. The number of amidine groups is 1. The molecule has 0 aliphatic heterocycles. The topological polar surface area (TPSA) is 74.7 Å². The zero-order chi connectivity index (χ0) is 12.8. The van der Waals surface area contributed by atoms with Gasteiger partial charge in [-0.25, -0.2) is 0 Å². The first-order chi connectivity index (χ1) is 8.04. The summed E-state index contributed by atoms with van der Waals surface area (Å²) in [6, 6.07) is 2.05. The summed E-state index contributed by atoms with van der Waals surface area (Å²) >= 11 is 6.03. The van der Waals surface area contributed by atoms with Crippen LogP contribution in [-0.2, 0) is 6.54 Å². The fraction of sp³-hybridized carbons (Fsp3) is 0.455. The minimum absolute atomic E-state index is 0.162. The number of hydrogen-bond acceptors (Lipinski definition) is 4. The molecule has 0 aliphatic rings.